The van der Waals surface area contributed by atoms with E-state index in [9.17, 15) is 0 Å². The molecule has 0 aliphatic heterocycles. The van der Waals surface area contributed by atoms with E-state index in [1.807, 2.05) is 12.1 Å². The van der Waals surface area contributed by atoms with Gasteiger partial charge in [-0.2, -0.15) is 5.10 Å². The molecule has 4 heteroatoms. The Bertz CT molecular complexity index is 311. The van der Waals surface area contributed by atoms with Crippen LogP contribution >= 0.6 is 0 Å². The summed E-state index contributed by atoms with van der Waals surface area (Å²) in [6.07, 6.45) is 2.36. The zero-order valence-electron chi connectivity index (χ0n) is 11.2. The van der Waals surface area contributed by atoms with Crippen molar-refractivity contribution in [3.63, 3.8) is 0 Å². The molecule has 1 atom stereocenters. The van der Waals surface area contributed by atoms with Crippen LogP contribution in [0.1, 0.15) is 46.2 Å². The van der Waals surface area contributed by atoms with E-state index in [1.54, 1.807) is 0 Å². The van der Waals surface area contributed by atoms with Gasteiger partial charge in [0.15, 0.2) is 0 Å². The maximum Gasteiger partial charge on any atom is 0.233 e. The van der Waals surface area contributed by atoms with Gasteiger partial charge in [-0.15, -0.1) is 5.10 Å². The van der Waals surface area contributed by atoms with Crippen LogP contribution < -0.4 is 10.1 Å². The highest BCUT2D eigenvalue weighted by Gasteiger charge is 2.04. The van der Waals surface area contributed by atoms with E-state index in [2.05, 4.69) is 43.2 Å². The van der Waals surface area contributed by atoms with Gasteiger partial charge < -0.3 is 10.1 Å². The lowest BCUT2D eigenvalue weighted by Gasteiger charge is -2.12. The van der Waals surface area contributed by atoms with Gasteiger partial charge in [0.25, 0.3) is 0 Å². The molecule has 0 aliphatic rings. The molecule has 0 amide bonds. The first-order valence-electron chi connectivity index (χ1n) is 6.34. The normalized spacial score (nSPS) is 12.8. The Balaban J connectivity index is 2.44. The van der Waals surface area contributed by atoms with Crippen molar-refractivity contribution in [3.05, 3.63) is 17.8 Å². The SMILES string of the molecule is CCCC(C)Oc1ccc(CNC(C)C)nn1. The predicted octanol–water partition coefficient (Wildman–Crippen LogP) is 2.54. The van der Waals surface area contributed by atoms with Crippen LogP contribution in [0.3, 0.4) is 0 Å². The van der Waals surface area contributed by atoms with Crippen molar-refractivity contribution < 1.29 is 4.74 Å². The van der Waals surface area contributed by atoms with Crippen LogP contribution in [0.15, 0.2) is 12.1 Å². The molecule has 1 rings (SSSR count). The number of hydrogen-bond acceptors (Lipinski definition) is 4. The second-order valence-corrected chi connectivity index (χ2v) is 4.62. The van der Waals surface area contributed by atoms with Crippen molar-refractivity contribution in [1.82, 2.24) is 15.5 Å². The van der Waals surface area contributed by atoms with Gasteiger partial charge in [-0.1, -0.05) is 27.2 Å². The van der Waals surface area contributed by atoms with Gasteiger partial charge in [0.2, 0.25) is 5.88 Å². The first-order chi connectivity index (χ1) is 8.11. The molecule has 1 unspecified atom stereocenters. The monoisotopic (exact) mass is 237 g/mol. The molecule has 1 aromatic rings. The lowest BCUT2D eigenvalue weighted by Crippen LogP contribution is -2.22. The largest absolute Gasteiger partial charge is 0.474 e. The summed E-state index contributed by atoms with van der Waals surface area (Å²) in [5, 5.41) is 11.5. The molecule has 4 nitrogen and oxygen atoms in total. The highest BCUT2D eigenvalue weighted by atomic mass is 16.5. The molecule has 0 saturated carbocycles. The summed E-state index contributed by atoms with van der Waals surface area (Å²) in [6, 6.07) is 4.30. The van der Waals surface area contributed by atoms with Crippen LogP contribution in [0.25, 0.3) is 0 Å². The molecular formula is C13H23N3O. The van der Waals surface area contributed by atoms with Gasteiger partial charge in [0.1, 0.15) is 0 Å². The topological polar surface area (TPSA) is 47.0 Å². The van der Waals surface area contributed by atoms with Gasteiger partial charge in [-0.25, -0.2) is 0 Å². The van der Waals surface area contributed by atoms with Crippen molar-refractivity contribution in [1.29, 1.82) is 0 Å². The highest BCUT2D eigenvalue weighted by Crippen LogP contribution is 2.10. The van der Waals surface area contributed by atoms with Crippen LogP contribution in [0.5, 0.6) is 5.88 Å². The molecule has 0 saturated heterocycles. The lowest BCUT2D eigenvalue weighted by atomic mass is 10.2. The smallest absolute Gasteiger partial charge is 0.233 e. The average molecular weight is 237 g/mol. The van der Waals surface area contributed by atoms with Crippen molar-refractivity contribution in [2.45, 2.75) is 59.2 Å². The zero-order valence-corrected chi connectivity index (χ0v) is 11.2. The van der Waals surface area contributed by atoms with Crippen LogP contribution in [-0.4, -0.2) is 22.3 Å². The second-order valence-electron chi connectivity index (χ2n) is 4.62. The molecule has 0 aliphatic carbocycles. The molecule has 0 fully saturated rings. The minimum atomic E-state index is 0.203. The molecule has 96 valence electrons. The maximum atomic E-state index is 5.64. The Kier molecular flexibility index (Phi) is 5.91. The Morgan fingerprint density at radius 3 is 2.53 bits per heavy atom. The number of nitrogens with zero attached hydrogens (tertiary/aromatic N) is 2. The summed E-state index contributed by atoms with van der Waals surface area (Å²) in [7, 11) is 0. The molecular weight excluding hydrogens is 214 g/mol. The van der Waals surface area contributed by atoms with E-state index in [0.29, 0.717) is 11.9 Å². The minimum Gasteiger partial charge on any atom is -0.474 e. The molecule has 0 aromatic carbocycles. The van der Waals surface area contributed by atoms with E-state index in [1.165, 1.54) is 0 Å². The van der Waals surface area contributed by atoms with E-state index in [-0.39, 0.29) is 6.10 Å². The summed E-state index contributed by atoms with van der Waals surface area (Å²) >= 11 is 0. The first kappa shape index (κ1) is 13.9. The highest BCUT2D eigenvalue weighted by molar-refractivity contribution is 5.11. The third-order valence-corrected chi connectivity index (χ3v) is 2.40. The van der Waals surface area contributed by atoms with E-state index in [4.69, 9.17) is 4.74 Å². The quantitative estimate of drug-likeness (QED) is 0.791. The minimum absolute atomic E-state index is 0.203. The summed E-state index contributed by atoms with van der Waals surface area (Å²) in [5.74, 6) is 0.610. The summed E-state index contributed by atoms with van der Waals surface area (Å²) in [6.45, 7) is 9.16. The van der Waals surface area contributed by atoms with Crippen LogP contribution in [-0.2, 0) is 6.54 Å². The third-order valence-electron chi connectivity index (χ3n) is 2.40. The summed E-state index contributed by atoms with van der Waals surface area (Å²) in [4.78, 5) is 0. The standard InChI is InChI=1S/C13H23N3O/c1-5-6-11(4)17-13-8-7-12(15-16-13)9-14-10(2)3/h7-8,10-11,14H,5-6,9H2,1-4H3. The van der Waals surface area contributed by atoms with Crippen molar-refractivity contribution in [3.8, 4) is 5.88 Å². The Labute approximate surface area is 104 Å². The van der Waals surface area contributed by atoms with Gasteiger partial charge in [0.05, 0.1) is 11.8 Å². The maximum absolute atomic E-state index is 5.64. The second kappa shape index (κ2) is 7.22. The number of aromatic nitrogens is 2. The average Bonchev–Trinajstić information content (AvgIpc) is 2.28. The van der Waals surface area contributed by atoms with E-state index in [0.717, 1.165) is 25.1 Å². The van der Waals surface area contributed by atoms with Gasteiger partial charge in [0, 0.05) is 18.7 Å². The predicted molar refractivity (Wildman–Crippen MR) is 69.0 cm³/mol. The zero-order chi connectivity index (χ0) is 12.7. The number of rotatable bonds is 7. The van der Waals surface area contributed by atoms with Crippen LogP contribution in [0.4, 0.5) is 0 Å². The molecule has 0 spiro atoms. The fourth-order valence-electron chi connectivity index (χ4n) is 1.49. The third kappa shape index (κ3) is 5.63. The summed E-state index contributed by atoms with van der Waals surface area (Å²) < 4.78 is 5.64. The van der Waals surface area contributed by atoms with Crippen molar-refractivity contribution in [2.75, 3.05) is 0 Å². The molecule has 1 heterocycles. The van der Waals surface area contributed by atoms with Crippen LogP contribution in [0.2, 0.25) is 0 Å². The lowest BCUT2D eigenvalue weighted by molar-refractivity contribution is 0.199. The van der Waals surface area contributed by atoms with Gasteiger partial charge >= 0.3 is 0 Å². The Hall–Kier alpha value is -1.16. The molecule has 1 N–H and O–H groups in total. The fraction of sp³-hybridized carbons (Fsp3) is 0.692. The van der Waals surface area contributed by atoms with E-state index < -0.39 is 0 Å². The van der Waals surface area contributed by atoms with E-state index >= 15 is 0 Å². The van der Waals surface area contributed by atoms with Crippen LogP contribution in [0, 0.1) is 0 Å². The number of nitrogens with one attached hydrogen (secondary N) is 1. The van der Waals surface area contributed by atoms with Gasteiger partial charge in [-0.3, -0.25) is 0 Å². The molecule has 1 aromatic heterocycles. The van der Waals surface area contributed by atoms with Crippen molar-refractivity contribution >= 4 is 0 Å². The number of hydrogen-bond donors (Lipinski definition) is 1. The number of ether oxygens (including phenoxy) is 1. The Morgan fingerprint density at radius 1 is 1.24 bits per heavy atom. The Morgan fingerprint density at radius 2 is 2.00 bits per heavy atom. The molecule has 17 heavy (non-hydrogen) atoms. The molecule has 0 bridgehead atoms. The summed E-state index contributed by atoms with van der Waals surface area (Å²) in [5.41, 5.74) is 0.939. The van der Waals surface area contributed by atoms with Gasteiger partial charge in [-0.05, 0) is 19.4 Å². The first-order valence-corrected chi connectivity index (χ1v) is 6.34. The fourth-order valence-corrected chi connectivity index (χ4v) is 1.49. The molecule has 0 radical (unpaired) electrons. The van der Waals surface area contributed by atoms with Crippen molar-refractivity contribution in [2.24, 2.45) is 0 Å².